The molecule has 102 valence electrons. The fourth-order valence-corrected chi connectivity index (χ4v) is 3.09. The Balaban J connectivity index is 2.03. The molecule has 19 heavy (non-hydrogen) atoms. The van der Waals surface area contributed by atoms with E-state index < -0.39 is 0 Å². The third-order valence-corrected chi connectivity index (χ3v) is 4.43. The van der Waals surface area contributed by atoms with Gasteiger partial charge in [-0.2, -0.15) is 0 Å². The Morgan fingerprint density at radius 1 is 1.16 bits per heavy atom. The number of benzene rings is 1. The summed E-state index contributed by atoms with van der Waals surface area (Å²) in [4.78, 5) is 6.20. The molecule has 2 heteroatoms. The lowest BCUT2D eigenvalue weighted by molar-refractivity contribution is 0.201. The maximum absolute atomic E-state index is 3.65. The molecule has 0 fully saturated rings. The van der Waals surface area contributed by atoms with Crippen LogP contribution in [0, 0.1) is 0 Å². The Labute approximate surface area is 115 Å². The standard InChI is InChI=1S/C17H24N2/c1-11(2)13-5-6-14-15-7-8-19(12(3)4)10-17(15)18-16(14)9-13/h5-6,9,11-12,18H,7-8,10H2,1-4H3. The van der Waals surface area contributed by atoms with E-state index in [1.807, 2.05) is 0 Å². The van der Waals surface area contributed by atoms with Crippen LogP contribution in [0.3, 0.4) is 0 Å². The molecule has 0 amide bonds. The zero-order valence-corrected chi connectivity index (χ0v) is 12.5. The van der Waals surface area contributed by atoms with Gasteiger partial charge in [-0.3, -0.25) is 4.90 Å². The molecule has 0 bridgehead atoms. The molecule has 0 spiro atoms. The molecular formula is C17H24N2. The monoisotopic (exact) mass is 256 g/mol. The van der Waals surface area contributed by atoms with Gasteiger partial charge in [-0.15, -0.1) is 0 Å². The number of nitrogens with zero attached hydrogens (tertiary/aromatic N) is 1. The molecule has 0 unspecified atom stereocenters. The highest BCUT2D eigenvalue weighted by Crippen LogP contribution is 2.30. The molecule has 1 aliphatic rings. The molecule has 0 aliphatic carbocycles. The lowest BCUT2D eigenvalue weighted by Gasteiger charge is -2.30. The Bertz CT molecular complexity index is 593. The maximum atomic E-state index is 3.65. The van der Waals surface area contributed by atoms with Gasteiger partial charge in [0.15, 0.2) is 0 Å². The average Bonchev–Trinajstić information content (AvgIpc) is 2.74. The molecule has 0 saturated carbocycles. The Morgan fingerprint density at radius 3 is 2.63 bits per heavy atom. The maximum Gasteiger partial charge on any atom is 0.0462 e. The van der Waals surface area contributed by atoms with E-state index in [9.17, 15) is 0 Å². The highest BCUT2D eigenvalue weighted by atomic mass is 15.2. The molecule has 1 N–H and O–H groups in total. The van der Waals surface area contributed by atoms with E-state index in [0.717, 1.165) is 6.54 Å². The lowest BCUT2D eigenvalue weighted by Crippen LogP contribution is -2.35. The Hall–Kier alpha value is -1.28. The predicted molar refractivity (Wildman–Crippen MR) is 81.6 cm³/mol. The number of nitrogens with one attached hydrogen (secondary N) is 1. The van der Waals surface area contributed by atoms with Gasteiger partial charge < -0.3 is 4.98 Å². The Morgan fingerprint density at radius 2 is 1.95 bits per heavy atom. The number of rotatable bonds is 2. The van der Waals surface area contributed by atoms with Crippen LogP contribution in [-0.2, 0) is 13.0 Å². The summed E-state index contributed by atoms with van der Waals surface area (Å²) in [6.07, 6.45) is 1.18. The summed E-state index contributed by atoms with van der Waals surface area (Å²) in [6.45, 7) is 11.3. The second-order valence-electron chi connectivity index (χ2n) is 6.36. The van der Waals surface area contributed by atoms with Gasteiger partial charge in [-0.05, 0) is 43.4 Å². The number of hydrogen-bond acceptors (Lipinski definition) is 1. The molecule has 2 nitrogen and oxygen atoms in total. The van der Waals surface area contributed by atoms with E-state index in [1.54, 1.807) is 5.56 Å². The normalized spacial score (nSPS) is 16.5. The summed E-state index contributed by atoms with van der Waals surface area (Å²) in [6, 6.07) is 7.56. The first kappa shape index (κ1) is 12.7. The van der Waals surface area contributed by atoms with E-state index in [0.29, 0.717) is 12.0 Å². The molecule has 0 saturated heterocycles. The van der Waals surface area contributed by atoms with E-state index in [-0.39, 0.29) is 0 Å². The van der Waals surface area contributed by atoms with Crippen LogP contribution >= 0.6 is 0 Å². The van der Waals surface area contributed by atoms with Crippen LogP contribution in [0.25, 0.3) is 10.9 Å². The van der Waals surface area contributed by atoms with Gasteiger partial charge in [0.05, 0.1) is 0 Å². The second kappa shape index (κ2) is 4.68. The first-order valence-corrected chi connectivity index (χ1v) is 7.43. The molecule has 1 aliphatic heterocycles. The van der Waals surface area contributed by atoms with Crippen molar-refractivity contribution in [3.8, 4) is 0 Å². The van der Waals surface area contributed by atoms with Crippen molar-refractivity contribution in [2.75, 3.05) is 6.54 Å². The van der Waals surface area contributed by atoms with Crippen LogP contribution < -0.4 is 0 Å². The van der Waals surface area contributed by atoms with Gasteiger partial charge in [0.25, 0.3) is 0 Å². The molecular weight excluding hydrogens is 232 g/mol. The van der Waals surface area contributed by atoms with Crippen LogP contribution in [-0.4, -0.2) is 22.5 Å². The molecule has 0 radical (unpaired) electrons. The van der Waals surface area contributed by atoms with E-state index in [4.69, 9.17) is 0 Å². The summed E-state index contributed by atoms with van der Waals surface area (Å²) in [5.74, 6) is 0.594. The summed E-state index contributed by atoms with van der Waals surface area (Å²) < 4.78 is 0. The van der Waals surface area contributed by atoms with E-state index in [1.165, 1.54) is 35.1 Å². The largest absolute Gasteiger partial charge is 0.357 e. The van der Waals surface area contributed by atoms with Gasteiger partial charge >= 0.3 is 0 Å². The van der Waals surface area contributed by atoms with Gasteiger partial charge in [-0.25, -0.2) is 0 Å². The third kappa shape index (κ3) is 2.18. The fourth-order valence-electron chi connectivity index (χ4n) is 3.09. The molecule has 2 heterocycles. The van der Waals surface area contributed by atoms with E-state index in [2.05, 4.69) is 55.8 Å². The first-order valence-electron chi connectivity index (χ1n) is 7.43. The molecule has 3 rings (SSSR count). The molecule has 0 atom stereocenters. The van der Waals surface area contributed by atoms with Crippen molar-refractivity contribution in [2.24, 2.45) is 0 Å². The van der Waals surface area contributed by atoms with Crippen molar-refractivity contribution in [1.82, 2.24) is 9.88 Å². The number of fused-ring (bicyclic) bond motifs is 3. The van der Waals surface area contributed by atoms with Crippen LogP contribution in [0.4, 0.5) is 0 Å². The second-order valence-corrected chi connectivity index (χ2v) is 6.36. The SMILES string of the molecule is CC(C)c1ccc2c3c([nH]c2c1)CN(C(C)C)CC3. The number of hydrogen-bond donors (Lipinski definition) is 1. The van der Waals surface area contributed by atoms with Gasteiger partial charge in [0.1, 0.15) is 0 Å². The zero-order valence-electron chi connectivity index (χ0n) is 12.5. The minimum absolute atomic E-state index is 0.594. The van der Waals surface area contributed by atoms with Crippen molar-refractivity contribution < 1.29 is 0 Å². The van der Waals surface area contributed by atoms with Gasteiger partial charge in [0.2, 0.25) is 0 Å². The van der Waals surface area contributed by atoms with Crippen molar-refractivity contribution in [3.63, 3.8) is 0 Å². The summed E-state index contributed by atoms with van der Waals surface area (Å²) in [5, 5.41) is 1.43. The fraction of sp³-hybridized carbons (Fsp3) is 0.529. The van der Waals surface area contributed by atoms with Gasteiger partial charge in [0, 0.05) is 35.7 Å². The quantitative estimate of drug-likeness (QED) is 0.858. The summed E-state index contributed by atoms with van der Waals surface area (Å²) in [7, 11) is 0. The van der Waals surface area contributed by atoms with Crippen molar-refractivity contribution >= 4 is 10.9 Å². The van der Waals surface area contributed by atoms with E-state index >= 15 is 0 Å². The van der Waals surface area contributed by atoms with Crippen molar-refractivity contribution in [1.29, 1.82) is 0 Å². The topological polar surface area (TPSA) is 19.0 Å². The third-order valence-electron chi connectivity index (χ3n) is 4.43. The Kier molecular flexibility index (Phi) is 3.14. The number of H-pyrrole nitrogens is 1. The van der Waals surface area contributed by atoms with Crippen molar-refractivity contribution in [2.45, 2.75) is 52.6 Å². The average molecular weight is 256 g/mol. The minimum atomic E-state index is 0.594. The van der Waals surface area contributed by atoms with Crippen LogP contribution in [0.15, 0.2) is 18.2 Å². The summed E-state index contributed by atoms with van der Waals surface area (Å²) in [5.41, 5.74) is 5.71. The predicted octanol–water partition coefficient (Wildman–Crippen LogP) is 4.06. The van der Waals surface area contributed by atoms with Crippen LogP contribution in [0.5, 0.6) is 0 Å². The van der Waals surface area contributed by atoms with Crippen LogP contribution in [0.2, 0.25) is 0 Å². The van der Waals surface area contributed by atoms with Crippen molar-refractivity contribution in [3.05, 3.63) is 35.0 Å². The van der Waals surface area contributed by atoms with Crippen LogP contribution in [0.1, 0.15) is 50.4 Å². The number of aromatic nitrogens is 1. The lowest BCUT2D eigenvalue weighted by atomic mass is 9.98. The minimum Gasteiger partial charge on any atom is -0.357 e. The first-order chi connectivity index (χ1) is 9.06. The smallest absolute Gasteiger partial charge is 0.0462 e. The number of aromatic amines is 1. The highest BCUT2D eigenvalue weighted by molar-refractivity contribution is 5.85. The molecule has 1 aromatic heterocycles. The molecule has 2 aromatic rings. The summed E-state index contributed by atoms with van der Waals surface area (Å²) >= 11 is 0. The highest BCUT2D eigenvalue weighted by Gasteiger charge is 2.22. The zero-order chi connectivity index (χ0) is 13.6. The molecule has 1 aromatic carbocycles. The van der Waals surface area contributed by atoms with Gasteiger partial charge in [-0.1, -0.05) is 26.0 Å².